The number of hydrogen-bond donors (Lipinski definition) is 2. The summed E-state index contributed by atoms with van der Waals surface area (Å²) < 4.78 is 25.3. The molecule has 4 aromatic rings. The highest BCUT2D eigenvalue weighted by Gasteiger charge is 2.12. The van der Waals surface area contributed by atoms with Gasteiger partial charge in [0.25, 0.3) is 11.8 Å². The molecule has 9 heteroatoms. The molecule has 1 aromatic heterocycles. The first-order valence-corrected chi connectivity index (χ1v) is 10.7. The molecule has 0 bridgehead atoms. The SMILES string of the molecule is COc1ccc(NC(=O)c2cn(Cc3ccc(NC(=O)c4ccc(F)cc4)cc3)cn2)cc1OC. The van der Waals surface area contributed by atoms with Crippen LogP contribution in [0.2, 0.25) is 0 Å². The van der Waals surface area contributed by atoms with Crippen LogP contribution in [-0.4, -0.2) is 35.6 Å². The van der Waals surface area contributed by atoms with Crippen LogP contribution < -0.4 is 20.1 Å². The molecule has 0 atom stereocenters. The summed E-state index contributed by atoms with van der Waals surface area (Å²) >= 11 is 0. The molecule has 4 rings (SSSR count). The van der Waals surface area contributed by atoms with Crippen LogP contribution in [0.3, 0.4) is 0 Å². The maximum atomic E-state index is 13.0. The second-order valence-electron chi connectivity index (χ2n) is 7.61. The molecule has 35 heavy (non-hydrogen) atoms. The van der Waals surface area contributed by atoms with E-state index in [0.717, 1.165) is 5.56 Å². The second-order valence-corrected chi connectivity index (χ2v) is 7.61. The van der Waals surface area contributed by atoms with Gasteiger partial charge in [-0.2, -0.15) is 0 Å². The van der Waals surface area contributed by atoms with Gasteiger partial charge in [0.05, 0.1) is 20.5 Å². The van der Waals surface area contributed by atoms with Crippen molar-refractivity contribution in [1.29, 1.82) is 0 Å². The number of carbonyl (C=O) groups excluding carboxylic acids is 2. The van der Waals surface area contributed by atoms with Gasteiger partial charge in [-0.3, -0.25) is 9.59 Å². The van der Waals surface area contributed by atoms with Crippen molar-refractivity contribution in [1.82, 2.24) is 9.55 Å². The Bertz CT molecular complexity index is 1330. The molecule has 0 aliphatic heterocycles. The number of amides is 2. The molecule has 0 aliphatic carbocycles. The third-order valence-corrected chi connectivity index (χ3v) is 5.19. The summed E-state index contributed by atoms with van der Waals surface area (Å²) in [6, 6.07) is 17.7. The molecule has 0 spiro atoms. The van der Waals surface area contributed by atoms with Crippen LogP contribution >= 0.6 is 0 Å². The van der Waals surface area contributed by atoms with Crippen molar-refractivity contribution in [2.45, 2.75) is 6.54 Å². The molecular weight excluding hydrogens is 451 g/mol. The Morgan fingerprint density at radius 1 is 0.857 bits per heavy atom. The summed E-state index contributed by atoms with van der Waals surface area (Å²) in [4.78, 5) is 29.1. The van der Waals surface area contributed by atoms with Gasteiger partial charge in [0.15, 0.2) is 11.5 Å². The highest BCUT2D eigenvalue weighted by atomic mass is 19.1. The fourth-order valence-electron chi connectivity index (χ4n) is 3.38. The van der Waals surface area contributed by atoms with Crippen LogP contribution in [0.4, 0.5) is 15.8 Å². The average molecular weight is 474 g/mol. The molecule has 0 aliphatic rings. The lowest BCUT2D eigenvalue weighted by Crippen LogP contribution is -2.12. The summed E-state index contributed by atoms with van der Waals surface area (Å²) in [6.45, 7) is 0.489. The minimum absolute atomic E-state index is 0.267. The van der Waals surface area contributed by atoms with Crippen LogP contribution in [0.15, 0.2) is 79.3 Å². The minimum atomic E-state index is -0.396. The number of rotatable bonds is 8. The monoisotopic (exact) mass is 474 g/mol. The van der Waals surface area contributed by atoms with E-state index < -0.39 is 5.82 Å². The zero-order valence-electron chi connectivity index (χ0n) is 19.1. The Hall–Kier alpha value is -4.66. The number of imidazole rings is 1. The summed E-state index contributed by atoms with van der Waals surface area (Å²) in [6.07, 6.45) is 3.23. The predicted octanol–water partition coefficient (Wildman–Crippen LogP) is 4.59. The van der Waals surface area contributed by atoms with E-state index in [2.05, 4.69) is 15.6 Å². The van der Waals surface area contributed by atoms with E-state index in [9.17, 15) is 14.0 Å². The maximum Gasteiger partial charge on any atom is 0.275 e. The number of methoxy groups -OCH3 is 2. The van der Waals surface area contributed by atoms with E-state index in [4.69, 9.17) is 9.47 Å². The molecule has 1 heterocycles. The van der Waals surface area contributed by atoms with Gasteiger partial charge in [-0.15, -0.1) is 0 Å². The fraction of sp³-hybridized carbons (Fsp3) is 0.115. The van der Waals surface area contributed by atoms with E-state index in [0.29, 0.717) is 35.0 Å². The fourth-order valence-corrected chi connectivity index (χ4v) is 3.38. The average Bonchev–Trinajstić information content (AvgIpc) is 3.34. The van der Waals surface area contributed by atoms with Crippen LogP contribution in [0.5, 0.6) is 11.5 Å². The number of anilines is 2. The van der Waals surface area contributed by atoms with Crippen molar-refractivity contribution in [3.05, 3.63) is 102 Å². The summed E-state index contributed by atoms with van der Waals surface area (Å²) in [5.41, 5.74) is 2.76. The number of benzene rings is 3. The van der Waals surface area contributed by atoms with E-state index >= 15 is 0 Å². The quantitative estimate of drug-likeness (QED) is 0.390. The zero-order valence-corrected chi connectivity index (χ0v) is 19.1. The Balaban J connectivity index is 1.35. The van der Waals surface area contributed by atoms with Crippen molar-refractivity contribution in [2.24, 2.45) is 0 Å². The zero-order chi connectivity index (χ0) is 24.8. The van der Waals surface area contributed by atoms with Gasteiger partial charge >= 0.3 is 0 Å². The van der Waals surface area contributed by atoms with Crippen molar-refractivity contribution >= 4 is 23.2 Å². The molecule has 2 N–H and O–H groups in total. The summed E-state index contributed by atoms with van der Waals surface area (Å²) in [5, 5.41) is 5.57. The van der Waals surface area contributed by atoms with Crippen LogP contribution in [0, 0.1) is 5.82 Å². The lowest BCUT2D eigenvalue weighted by atomic mass is 10.1. The number of aromatic nitrogens is 2. The van der Waals surface area contributed by atoms with Crippen LogP contribution in [0.1, 0.15) is 26.4 Å². The molecule has 0 radical (unpaired) electrons. The Labute approximate surface area is 201 Å². The number of nitrogens with one attached hydrogen (secondary N) is 2. The van der Waals surface area contributed by atoms with E-state index in [1.807, 2.05) is 12.1 Å². The molecule has 0 saturated heterocycles. The van der Waals surface area contributed by atoms with Crippen molar-refractivity contribution in [3.8, 4) is 11.5 Å². The Morgan fingerprint density at radius 2 is 1.51 bits per heavy atom. The van der Waals surface area contributed by atoms with Gasteiger partial charge in [-0.05, 0) is 54.1 Å². The second kappa shape index (κ2) is 10.5. The Morgan fingerprint density at radius 3 is 2.20 bits per heavy atom. The highest BCUT2D eigenvalue weighted by molar-refractivity contribution is 6.04. The standard InChI is InChI=1S/C26H23FN4O4/c1-34-23-12-11-21(13-24(23)35-2)30-26(33)22-15-31(16-28-22)14-17-3-9-20(10-4-17)29-25(32)18-5-7-19(27)8-6-18/h3-13,15-16H,14H2,1-2H3,(H,29,32)(H,30,33). The van der Waals surface area contributed by atoms with Gasteiger partial charge < -0.3 is 24.7 Å². The first-order chi connectivity index (χ1) is 16.9. The van der Waals surface area contributed by atoms with E-state index in [-0.39, 0.29) is 17.5 Å². The molecule has 2 amide bonds. The number of halogens is 1. The van der Waals surface area contributed by atoms with E-state index in [1.54, 1.807) is 54.5 Å². The van der Waals surface area contributed by atoms with Gasteiger partial charge in [0.2, 0.25) is 0 Å². The lowest BCUT2D eigenvalue weighted by molar-refractivity contribution is 0.101. The molecule has 0 unspecified atom stereocenters. The van der Waals surface area contributed by atoms with Gasteiger partial charge in [0.1, 0.15) is 11.5 Å². The molecular formula is C26H23FN4O4. The van der Waals surface area contributed by atoms with Gasteiger partial charge in [-0.1, -0.05) is 12.1 Å². The van der Waals surface area contributed by atoms with Gasteiger partial charge in [-0.25, -0.2) is 9.37 Å². The number of ether oxygens (including phenoxy) is 2. The third-order valence-electron chi connectivity index (χ3n) is 5.19. The molecule has 3 aromatic carbocycles. The Kier molecular flexibility index (Phi) is 7.06. The molecule has 0 saturated carbocycles. The summed E-state index contributed by atoms with van der Waals surface area (Å²) in [5.74, 6) is 0.00303. The smallest absolute Gasteiger partial charge is 0.275 e. The maximum absolute atomic E-state index is 13.0. The minimum Gasteiger partial charge on any atom is -0.493 e. The van der Waals surface area contributed by atoms with Crippen molar-refractivity contribution in [3.63, 3.8) is 0 Å². The predicted molar refractivity (Wildman–Crippen MR) is 130 cm³/mol. The first kappa shape index (κ1) is 23.5. The number of carbonyl (C=O) groups is 2. The molecule has 0 fully saturated rings. The normalized spacial score (nSPS) is 10.5. The van der Waals surface area contributed by atoms with E-state index in [1.165, 1.54) is 31.4 Å². The van der Waals surface area contributed by atoms with Crippen molar-refractivity contribution in [2.75, 3.05) is 24.9 Å². The first-order valence-electron chi connectivity index (χ1n) is 10.7. The van der Waals surface area contributed by atoms with Crippen LogP contribution in [-0.2, 0) is 6.54 Å². The highest BCUT2D eigenvalue weighted by Crippen LogP contribution is 2.29. The molecule has 178 valence electrons. The number of nitrogens with zero attached hydrogens (tertiary/aromatic N) is 2. The van der Waals surface area contributed by atoms with Crippen LogP contribution in [0.25, 0.3) is 0 Å². The van der Waals surface area contributed by atoms with Gasteiger partial charge in [0, 0.05) is 35.7 Å². The lowest BCUT2D eigenvalue weighted by Gasteiger charge is -2.10. The third kappa shape index (κ3) is 5.83. The molecule has 8 nitrogen and oxygen atoms in total. The summed E-state index contributed by atoms with van der Waals surface area (Å²) in [7, 11) is 3.07. The number of hydrogen-bond acceptors (Lipinski definition) is 5. The largest absolute Gasteiger partial charge is 0.493 e. The van der Waals surface area contributed by atoms with Crippen molar-refractivity contribution < 1.29 is 23.5 Å². The topological polar surface area (TPSA) is 94.5 Å².